The summed E-state index contributed by atoms with van der Waals surface area (Å²) in [6, 6.07) is 10.7. The van der Waals surface area contributed by atoms with Crippen molar-refractivity contribution in [3.8, 4) is 0 Å². The van der Waals surface area contributed by atoms with Gasteiger partial charge in [-0.15, -0.1) is 17.0 Å². The molecule has 0 bridgehead atoms. The molecule has 2 aromatic rings. The monoisotopic (exact) mass is 281 g/mol. The lowest BCUT2D eigenvalue weighted by atomic mass is 10.1. The molecule has 2 N–H and O–H groups in total. The number of hydrogen-bond acceptors (Lipinski definition) is 1. The fourth-order valence-electron chi connectivity index (χ4n) is 1.89. The number of nitrogens with zero attached hydrogens (tertiary/aromatic N) is 1. The summed E-state index contributed by atoms with van der Waals surface area (Å²) in [6.45, 7) is 3.89. The number of fused-ring (bicyclic) bond motifs is 1. The largest absolute Gasteiger partial charge is 0.330 e. The molecule has 0 spiro atoms. The maximum Gasteiger partial charge on any atom is 0.212 e. The second kappa shape index (κ2) is 5.97. The zero-order chi connectivity index (χ0) is 10.7. The van der Waals surface area contributed by atoms with Crippen LogP contribution in [0.3, 0.4) is 0 Å². The molecule has 0 saturated heterocycles. The standard InChI is InChI=1S/C13H17N2.BrH/c1-11-7-10-15(9-4-8-14)13-6-3-2-5-12(11)13;/h2-3,5-7,10H,4,8-9,14H2,1H3;1H/q+1;. The molecule has 1 aromatic carbocycles. The molecule has 0 amide bonds. The third-order valence-corrected chi connectivity index (χ3v) is 2.75. The van der Waals surface area contributed by atoms with Crippen molar-refractivity contribution in [3.05, 3.63) is 42.1 Å². The Hall–Kier alpha value is -0.930. The highest BCUT2D eigenvalue weighted by Gasteiger charge is 2.08. The Bertz CT molecular complexity index is 468. The third kappa shape index (κ3) is 2.60. The number of aromatic nitrogens is 1. The van der Waals surface area contributed by atoms with Gasteiger partial charge in [-0.05, 0) is 25.1 Å². The highest BCUT2D eigenvalue weighted by atomic mass is 79.9. The van der Waals surface area contributed by atoms with E-state index in [1.165, 1.54) is 16.5 Å². The van der Waals surface area contributed by atoms with Crippen molar-refractivity contribution >= 4 is 27.9 Å². The first kappa shape index (κ1) is 13.1. The molecule has 0 atom stereocenters. The Labute approximate surface area is 107 Å². The zero-order valence-electron chi connectivity index (χ0n) is 9.52. The first-order valence-corrected chi connectivity index (χ1v) is 5.41. The van der Waals surface area contributed by atoms with Gasteiger partial charge in [0.2, 0.25) is 5.52 Å². The van der Waals surface area contributed by atoms with Crippen LogP contribution in [0.5, 0.6) is 0 Å². The van der Waals surface area contributed by atoms with Gasteiger partial charge in [-0.1, -0.05) is 12.1 Å². The number of nitrogens with two attached hydrogens (primary N) is 1. The van der Waals surface area contributed by atoms with E-state index in [2.05, 4.69) is 48.0 Å². The van der Waals surface area contributed by atoms with Crippen LogP contribution < -0.4 is 10.3 Å². The van der Waals surface area contributed by atoms with Crippen LogP contribution in [-0.4, -0.2) is 6.54 Å². The number of pyridine rings is 1. The van der Waals surface area contributed by atoms with E-state index >= 15 is 0 Å². The second-order valence-electron chi connectivity index (χ2n) is 3.85. The molecule has 0 aliphatic rings. The Morgan fingerprint density at radius 1 is 1.19 bits per heavy atom. The van der Waals surface area contributed by atoms with E-state index in [0.717, 1.165) is 19.5 Å². The molecule has 1 heterocycles. The average Bonchev–Trinajstić information content (AvgIpc) is 2.29. The van der Waals surface area contributed by atoms with Crippen molar-refractivity contribution in [2.45, 2.75) is 19.9 Å². The molecule has 2 rings (SSSR count). The number of hydrogen-bond donors (Lipinski definition) is 1. The molecule has 0 radical (unpaired) electrons. The van der Waals surface area contributed by atoms with Gasteiger partial charge < -0.3 is 5.73 Å². The summed E-state index contributed by atoms with van der Waals surface area (Å²) < 4.78 is 2.27. The van der Waals surface area contributed by atoms with E-state index in [1.54, 1.807) is 0 Å². The lowest BCUT2D eigenvalue weighted by Gasteiger charge is -2.02. The Balaban J connectivity index is 0.00000128. The fourth-order valence-corrected chi connectivity index (χ4v) is 1.89. The van der Waals surface area contributed by atoms with Crippen molar-refractivity contribution in [2.24, 2.45) is 5.73 Å². The summed E-state index contributed by atoms with van der Waals surface area (Å²) in [5.41, 5.74) is 8.16. The van der Waals surface area contributed by atoms with Gasteiger partial charge in [-0.3, -0.25) is 0 Å². The van der Waals surface area contributed by atoms with Crippen molar-refractivity contribution < 1.29 is 4.57 Å². The summed E-state index contributed by atoms with van der Waals surface area (Å²) in [7, 11) is 0. The van der Waals surface area contributed by atoms with E-state index in [4.69, 9.17) is 5.73 Å². The quantitative estimate of drug-likeness (QED) is 0.861. The molecular weight excluding hydrogens is 264 g/mol. The van der Waals surface area contributed by atoms with Crippen LogP contribution in [0, 0.1) is 6.92 Å². The third-order valence-electron chi connectivity index (χ3n) is 2.75. The summed E-state index contributed by atoms with van der Waals surface area (Å²) in [5.74, 6) is 0. The van der Waals surface area contributed by atoms with Gasteiger partial charge >= 0.3 is 0 Å². The van der Waals surface area contributed by atoms with Gasteiger partial charge in [0.25, 0.3) is 0 Å². The highest BCUT2D eigenvalue weighted by Crippen LogP contribution is 2.13. The normalized spacial score (nSPS) is 10.1. The zero-order valence-corrected chi connectivity index (χ0v) is 11.2. The van der Waals surface area contributed by atoms with Crippen LogP contribution in [-0.2, 0) is 6.54 Å². The molecule has 0 aliphatic carbocycles. The number of aryl methyl sites for hydroxylation is 2. The van der Waals surface area contributed by atoms with Gasteiger partial charge in [-0.25, -0.2) is 0 Å². The number of para-hydroxylation sites is 1. The minimum absolute atomic E-state index is 0. The first-order chi connectivity index (χ1) is 7.33. The maximum absolute atomic E-state index is 5.54. The lowest BCUT2D eigenvalue weighted by Crippen LogP contribution is -2.35. The topological polar surface area (TPSA) is 29.9 Å². The van der Waals surface area contributed by atoms with Crippen LogP contribution >= 0.6 is 17.0 Å². The Morgan fingerprint density at radius 3 is 2.69 bits per heavy atom. The van der Waals surface area contributed by atoms with Crippen LogP contribution in [0.15, 0.2) is 36.5 Å². The number of rotatable bonds is 3. The molecule has 0 unspecified atom stereocenters. The lowest BCUT2D eigenvalue weighted by molar-refractivity contribution is -0.671. The smallest absolute Gasteiger partial charge is 0.212 e. The van der Waals surface area contributed by atoms with E-state index in [-0.39, 0.29) is 17.0 Å². The minimum atomic E-state index is 0. The minimum Gasteiger partial charge on any atom is -0.330 e. The number of benzene rings is 1. The summed E-state index contributed by atoms with van der Waals surface area (Å²) in [4.78, 5) is 0. The van der Waals surface area contributed by atoms with Crippen LogP contribution in [0.2, 0.25) is 0 Å². The molecule has 0 fully saturated rings. The van der Waals surface area contributed by atoms with Crippen molar-refractivity contribution in [1.29, 1.82) is 0 Å². The molecule has 0 aliphatic heterocycles. The second-order valence-corrected chi connectivity index (χ2v) is 3.85. The summed E-state index contributed by atoms with van der Waals surface area (Å²) in [5, 5.41) is 1.33. The van der Waals surface area contributed by atoms with E-state index in [9.17, 15) is 0 Å². The molecular formula is C13H18BrN2+. The van der Waals surface area contributed by atoms with Crippen molar-refractivity contribution in [3.63, 3.8) is 0 Å². The predicted octanol–water partition coefficient (Wildman–Crippen LogP) is 2.36. The van der Waals surface area contributed by atoms with Crippen LogP contribution in [0.25, 0.3) is 10.9 Å². The van der Waals surface area contributed by atoms with E-state index < -0.39 is 0 Å². The highest BCUT2D eigenvalue weighted by molar-refractivity contribution is 8.93. The maximum atomic E-state index is 5.54. The summed E-state index contributed by atoms with van der Waals surface area (Å²) in [6.07, 6.45) is 3.17. The first-order valence-electron chi connectivity index (χ1n) is 5.41. The van der Waals surface area contributed by atoms with Gasteiger partial charge in [0.15, 0.2) is 6.20 Å². The van der Waals surface area contributed by atoms with Gasteiger partial charge in [0, 0.05) is 23.9 Å². The SMILES string of the molecule is Br.Cc1cc[n+](CCCN)c2ccccc12. The Kier molecular flexibility index (Phi) is 4.90. The molecule has 16 heavy (non-hydrogen) atoms. The van der Waals surface area contributed by atoms with Crippen molar-refractivity contribution in [2.75, 3.05) is 6.54 Å². The summed E-state index contributed by atoms with van der Waals surface area (Å²) >= 11 is 0. The van der Waals surface area contributed by atoms with Crippen molar-refractivity contribution in [1.82, 2.24) is 0 Å². The average molecular weight is 282 g/mol. The molecule has 0 saturated carbocycles. The van der Waals surface area contributed by atoms with E-state index in [0.29, 0.717) is 0 Å². The molecule has 2 nitrogen and oxygen atoms in total. The Morgan fingerprint density at radius 2 is 1.94 bits per heavy atom. The van der Waals surface area contributed by atoms with Gasteiger partial charge in [0.05, 0.1) is 0 Å². The van der Waals surface area contributed by atoms with E-state index in [1.807, 2.05) is 0 Å². The molecule has 3 heteroatoms. The van der Waals surface area contributed by atoms with Crippen LogP contribution in [0.4, 0.5) is 0 Å². The van der Waals surface area contributed by atoms with Gasteiger partial charge in [0.1, 0.15) is 6.54 Å². The fraction of sp³-hybridized carbons (Fsp3) is 0.308. The van der Waals surface area contributed by atoms with Gasteiger partial charge in [-0.2, -0.15) is 4.57 Å². The molecule has 86 valence electrons. The number of halogens is 1. The predicted molar refractivity (Wildman–Crippen MR) is 72.9 cm³/mol. The van der Waals surface area contributed by atoms with Crippen LogP contribution in [0.1, 0.15) is 12.0 Å². The molecule has 1 aromatic heterocycles.